The Morgan fingerprint density at radius 2 is 1.58 bits per heavy atom. The van der Waals surface area contributed by atoms with Crippen molar-refractivity contribution in [1.29, 1.82) is 0 Å². The van der Waals surface area contributed by atoms with E-state index >= 15 is 0 Å². The van der Waals surface area contributed by atoms with Crippen LogP contribution in [0, 0.1) is 0 Å². The highest BCUT2D eigenvalue weighted by Gasteiger charge is 1.99. The molecule has 1 aliphatic rings. The van der Waals surface area contributed by atoms with Gasteiger partial charge in [0.05, 0.1) is 6.54 Å². The van der Waals surface area contributed by atoms with Gasteiger partial charge in [0.1, 0.15) is 0 Å². The van der Waals surface area contributed by atoms with Crippen molar-refractivity contribution in [2.45, 2.75) is 70.6 Å². The highest BCUT2D eigenvalue weighted by Crippen LogP contribution is 2.12. The largest absolute Gasteiger partial charge is 0.481 e. The van der Waals surface area contributed by atoms with Gasteiger partial charge in [-0.15, -0.1) is 0 Å². The predicted molar refractivity (Wildman–Crippen MR) is 79.9 cm³/mol. The van der Waals surface area contributed by atoms with Crippen LogP contribution in [0.3, 0.4) is 0 Å². The van der Waals surface area contributed by atoms with Gasteiger partial charge in [0, 0.05) is 12.1 Å². The lowest BCUT2D eigenvalue weighted by atomic mass is 10.0. The first-order valence-corrected chi connectivity index (χ1v) is 7.70. The van der Waals surface area contributed by atoms with Gasteiger partial charge in [0.15, 0.2) is 0 Å². The van der Waals surface area contributed by atoms with E-state index in [0.717, 1.165) is 25.8 Å². The Kier molecular flexibility index (Phi) is 9.03. The Morgan fingerprint density at radius 3 is 2.11 bits per heavy atom. The van der Waals surface area contributed by atoms with Crippen LogP contribution in [0.25, 0.3) is 0 Å². The van der Waals surface area contributed by atoms with Gasteiger partial charge in [-0.25, -0.2) is 0 Å². The van der Waals surface area contributed by atoms with Crippen LogP contribution in [-0.4, -0.2) is 23.3 Å². The summed E-state index contributed by atoms with van der Waals surface area (Å²) in [4.78, 5) is 14.7. The summed E-state index contributed by atoms with van der Waals surface area (Å²) in [5.74, 6) is -0.665. The van der Waals surface area contributed by atoms with Crippen LogP contribution in [-0.2, 0) is 4.79 Å². The number of hydrogen-bond acceptors (Lipinski definition) is 2. The molecule has 0 aromatic heterocycles. The summed E-state index contributed by atoms with van der Waals surface area (Å²) in [5, 5.41) is 8.50. The molecule has 0 aromatic rings. The van der Waals surface area contributed by atoms with E-state index < -0.39 is 5.97 Å². The lowest BCUT2D eigenvalue weighted by molar-refractivity contribution is -0.137. The maximum absolute atomic E-state index is 10.3. The number of aliphatic imine (C=N–C) groups is 1. The monoisotopic (exact) mass is 265 g/mol. The molecule has 0 saturated heterocycles. The second-order valence-electron chi connectivity index (χ2n) is 5.31. The first-order valence-electron chi connectivity index (χ1n) is 7.70. The van der Waals surface area contributed by atoms with Crippen molar-refractivity contribution in [3.8, 4) is 0 Å². The second-order valence-corrected chi connectivity index (χ2v) is 5.31. The van der Waals surface area contributed by atoms with Gasteiger partial charge in [0.2, 0.25) is 0 Å². The summed E-state index contributed by atoms with van der Waals surface area (Å²) in [7, 11) is 0. The van der Waals surface area contributed by atoms with E-state index in [2.05, 4.69) is 17.1 Å². The van der Waals surface area contributed by atoms with E-state index in [-0.39, 0.29) is 0 Å². The molecule has 0 radical (unpaired) electrons. The van der Waals surface area contributed by atoms with Crippen molar-refractivity contribution in [2.24, 2.45) is 4.99 Å². The summed E-state index contributed by atoms with van der Waals surface area (Å²) in [6.07, 6.45) is 16.6. The lowest BCUT2D eigenvalue weighted by Gasteiger charge is -2.02. The Balaban J connectivity index is 1.74. The normalized spacial score (nSPS) is 13.8. The minimum absolute atomic E-state index is 0.332. The molecule has 1 N–H and O–H groups in total. The van der Waals surface area contributed by atoms with E-state index in [1.807, 2.05) is 0 Å². The molecule has 0 atom stereocenters. The molecule has 108 valence electrons. The minimum Gasteiger partial charge on any atom is -0.481 e. The zero-order chi connectivity index (χ0) is 13.8. The molecular weight excluding hydrogens is 238 g/mol. The molecule has 0 unspecified atom stereocenters. The van der Waals surface area contributed by atoms with Crippen LogP contribution in [0.2, 0.25) is 0 Å². The molecule has 1 heterocycles. The molecule has 0 fully saturated rings. The van der Waals surface area contributed by atoms with E-state index in [0.29, 0.717) is 6.42 Å². The Bertz CT molecular complexity index is 308. The number of unbranched alkanes of at least 4 members (excludes halogenated alkanes) is 8. The van der Waals surface area contributed by atoms with Crippen LogP contribution < -0.4 is 0 Å². The summed E-state index contributed by atoms with van der Waals surface area (Å²) < 4.78 is 0. The molecule has 0 bridgehead atoms. The summed E-state index contributed by atoms with van der Waals surface area (Å²) in [6, 6.07) is 0. The zero-order valence-electron chi connectivity index (χ0n) is 11.9. The van der Waals surface area contributed by atoms with Crippen molar-refractivity contribution in [1.82, 2.24) is 0 Å². The highest BCUT2D eigenvalue weighted by atomic mass is 16.4. The predicted octanol–water partition coefficient (Wildman–Crippen LogP) is 4.37. The smallest absolute Gasteiger partial charge is 0.303 e. The van der Waals surface area contributed by atoms with E-state index in [9.17, 15) is 4.79 Å². The lowest BCUT2D eigenvalue weighted by Crippen LogP contribution is -1.93. The van der Waals surface area contributed by atoms with E-state index in [1.54, 1.807) is 0 Å². The molecule has 0 aliphatic carbocycles. The number of hydrogen-bond donors (Lipinski definition) is 1. The number of carboxylic acids is 1. The molecular formula is C16H27NO2. The van der Waals surface area contributed by atoms with Crippen LogP contribution in [0.15, 0.2) is 17.1 Å². The maximum Gasteiger partial charge on any atom is 0.303 e. The number of carboxylic acid groups (broad SMARTS) is 1. The zero-order valence-corrected chi connectivity index (χ0v) is 11.9. The summed E-state index contributed by atoms with van der Waals surface area (Å²) in [5.41, 5.74) is 1.28. The second kappa shape index (κ2) is 10.8. The quantitative estimate of drug-likeness (QED) is 0.532. The summed E-state index contributed by atoms with van der Waals surface area (Å²) in [6.45, 7) is 0.886. The minimum atomic E-state index is -0.665. The van der Waals surface area contributed by atoms with Crippen LogP contribution in [0.5, 0.6) is 0 Å². The molecule has 1 rings (SSSR count). The fourth-order valence-corrected chi connectivity index (χ4v) is 2.39. The van der Waals surface area contributed by atoms with Crippen molar-refractivity contribution in [3.05, 3.63) is 12.2 Å². The standard InChI is InChI=1S/C16H27NO2/c18-16(19)13-9-7-5-3-1-2-4-6-8-11-15-12-10-14-17-15/h10,12H,1-9,11,13-14H2,(H,18,19). The van der Waals surface area contributed by atoms with Crippen LogP contribution in [0.4, 0.5) is 0 Å². The Morgan fingerprint density at radius 1 is 1.00 bits per heavy atom. The molecule has 0 saturated carbocycles. The number of carbonyl (C=O) groups is 1. The number of allylic oxidation sites excluding steroid dienone is 1. The van der Waals surface area contributed by atoms with Crippen molar-refractivity contribution in [3.63, 3.8) is 0 Å². The van der Waals surface area contributed by atoms with Gasteiger partial charge in [-0.05, 0) is 25.3 Å². The number of nitrogens with zero attached hydrogens (tertiary/aromatic N) is 1. The molecule has 3 nitrogen and oxygen atoms in total. The maximum atomic E-state index is 10.3. The topological polar surface area (TPSA) is 49.7 Å². The van der Waals surface area contributed by atoms with Gasteiger partial charge in [0.25, 0.3) is 0 Å². The van der Waals surface area contributed by atoms with Crippen molar-refractivity contribution in [2.75, 3.05) is 6.54 Å². The third-order valence-corrected chi connectivity index (χ3v) is 3.53. The summed E-state index contributed by atoms with van der Waals surface area (Å²) >= 11 is 0. The average Bonchev–Trinajstić information content (AvgIpc) is 2.88. The molecule has 0 aromatic carbocycles. The van der Waals surface area contributed by atoms with Crippen LogP contribution in [0.1, 0.15) is 70.6 Å². The molecule has 0 amide bonds. The fraction of sp³-hybridized carbons (Fsp3) is 0.750. The van der Waals surface area contributed by atoms with Crippen molar-refractivity contribution < 1.29 is 9.90 Å². The first-order chi connectivity index (χ1) is 9.29. The Labute approximate surface area is 116 Å². The van der Waals surface area contributed by atoms with Crippen molar-refractivity contribution >= 4 is 11.7 Å². The van der Waals surface area contributed by atoms with Gasteiger partial charge in [-0.1, -0.05) is 51.0 Å². The van der Waals surface area contributed by atoms with E-state index in [1.165, 1.54) is 50.7 Å². The number of aliphatic carboxylic acids is 1. The molecule has 3 heteroatoms. The third-order valence-electron chi connectivity index (χ3n) is 3.53. The van der Waals surface area contributed by atoms with Gasteiger partial charge < -0.3 is 5.11 Å². The highest BCUT2D eigenvalue weighted by molar-refractivity contribution is 5.96. The van der Waals surface area contributed by atoms with E-state index in [4.69, 9.17) is 5.11 Å². The molecule has 0 spiro atoms. The average molecular weight is 265 g/mol. The SMILES string of the molecule is O=C(O)CCCCCCCCCCCC1=NCC=C1. The van der Waals surface area contributed by atoms with Gasteiger partial charge in [-0.3, -0.25) is 9.79 Å². The third kappa shape index (κ3) is 9.46. The molecule has 19 heavy (non-hydrogen) atoms. The molecule has 1 aliphatic heterocycles. The van der Waals surface area contributed by atoms with Crippen LogP contribution >= 0.6 is 0 Å². The fourth-order valence-electron chi connectivity index (χ4n) is 2.39. The van der Waals surface area contributed by atoms with Gasteiger partial charge >= 0.3 is 5.97 Å². The number of rotatable bonds is 12. The first kappa shape index (κ1) is 15.9. The Hall–Kier alpha value is -1.12. The van der Waals surface area contributed by atoms with Gasteiger partial charge in [-0.2, -0.15) is 0 Å².